The molecule has 3 N–H and O–H groups in total. The highest BCUT2D eigenvalue weighted by Crippen LogP contribution is 2.52. The standard InChI is InChI=1S/C28H25N3O6/c1-36-21-11-5-3-9-19(21)24-22-23(26(33)31(25(22)32)15-17-7-6-12-37-17)28(30-24,27(34)35)13-16-14-29-20-10-4-2-8-18(16)20/h2-12,14,22-24,29-30H,13,15H2,1H3,(H,34,35). The van der Waals surface area contributed by atoms with Crippen LogP contribution in [-0.2, 0) is 27.3 Å². The van der Waals surface area contributed by atoms with Crippen molar-refractivity contribution in [1.82, 2.24) is 15.2 Å². The Morgan fingerprint density at radius 1 is 1.08 bits per heavy atom. The van der Waals surface area contributed by atoms with Crippen LogP contribution in [0, 0.1) is 11.8 Å². The van der Waals surface area contributed by atoms with E-state index in [4.69, 9.17) is 9.15 Å². The highest BCUT2D eigenvalue weighted by molar-refractivity contribution is 6.09. The van der Waals surface area contributed by atoms with Crippen molar-refractivity contribution < 1.29 is 28.6 Å². The van der Waals surface area contributed by atoms with Gasteiger partial charge in [0, 0.05) is 35.1 Å². The number of fused-ring (bicyclic) bond motifs is 2. The molecule has 4 unspecified atom stereocenters. The number of furan rings is 1. The maximum Gasteiger partial charge on any atom is 0.325 e. The Hall–Kier alpha value is -4.37. The van der Waals surface area contributed by atoms with Crippen LogP contribution in [0.25, 0.3) is 10.9 Å². The number of imide groups is 1. The maximum atomic E-state index is 13.9. The SMILES string of the molecule is COc1ccccc1C1NC(Cc2c[nH]c3ccccc23)(C(=O)O)C2C(=O)N(Cc3ccco3)C(=O)C12. The zero-order valence-electron chi connectivity index (χ0n) is 20.0. The molecule has 2 aromatic heterocycles. The lowest BCUT2D eigenvalue weighted by molar-refractivity contribution is -0.151. The van der Waals surface area contributed by atoms with Gasteiger partial charge in [-0.05, 0) is 29.8 Å². The van der Waals surface area contributed by atoms with Crippen LogP contribution in [0.3, 0.4) is 0 Å². The number of aromatic nitrogens is 1. The second-order valence-corrected chi connectivity index (χ2v) is 9.52. The van der Waals surface area contributed by atoms with Crippen molar-refractivity contribution in [1.29, 1.82) is 0 Å². The Bertz CT molecular complexity index is 1510. The number of rotatable bonds is 7. The molecule has 2 saturated heterocycles. The number of nitrogens with one attached hydrogen (secondary N) is 2. The molecule has 4 atom stereocenters. The van der Waals surface area contributed by atoms with Gasteiger partial charge in [0.05, 0.1) is 31.8 Å². The average Bonchev–Trinajstić information content (AvgIpc) is 3.68. The van der Waals surface area contributed by atoms with Gasteiger partial charge in [0.1, 0.15) is 17.0 Å². The number of carboxylic acid groups (broad SMARTS) is 1. The van der Waals surface area contributed by atoms with E-state index in [1.807, 2.05) is 24.3 Å². The lowest BCUT2D eigenvalue weighted by Crippen LogP contribution is -2.57. The number of hydrogen-bond acceptors (Lipinski definition) is 6. The van der Waals surface area contributed by atoms with E-state index < -0.39 is 41.2 Å². The van der Waals surface area contributed by atoms with Crippen LogP contribution in [0.4, 0.5) is 0 Å². The van der Waals surface area contributed by atoms with Gasteiger partial charge in [-0.1, -0.05) is 36.4 Å². The molecule has 2 aliphatic rings. The Morgan fingerprint density at radius 2 is 1.86 bits per heavy atom. The third-order valence-electron chi connectivity index (χ3n) is 7.64. The predicted molar refractivity (Wildman–Crippen MR) is 132 cm³/mol. The van der Waals surface area contributed by atoms with Crippen molar-refractivity contribution >= 4 is 28.7 Å². The molecular weight excluding hydrogens is 474 g/mol. The first-order valence-electron chi connectivity index (χ1n) is 12.0. The number of carboxylic acids is 1. The molecule has 2 aromatic carbocycles. The minimum absolute atomic E-state index is 0.00672. The van der Waals surface area contributed by atoms with Gasteiger partial charge in [0.15, 0.2) is 0 Å². The molecule has 2 amide bonds. The fraction of sp³-hybridized carbons (Fsp3) is 0.250. The molecule has 9 heteroatoms. The van der Waals surface area contributed by atoms with Gasteiger partial charge in [0.2, 0.25) is 11.8 Å². The summed E-state index contributed by atoms with van der Waals surface area (Å²) in [6.45, 7) is -0.0565. The van der Waals surface area contributed by atoms with Crippen LogP contribution >= 0.6 is 0 Å². The van der Waals surface area contributed by atoms with Gasteiger partial charge in [-0.2, -0.15) is 0 Å². The van der Waals surface area contributed by atoms with E-state index in [0.717, 1.165) is 21.4 Å². The van der Waals surface area contributed by atoms with Crippen molar-refractivity contribution in [3.63, 3.8) is 0 Å². The molecule has 0 bridgehead atoms. The van der Waals surface area contributed by atoms with E-state index in [1.54, 1.807) is 42.6 Å². The maximum absolute atomic E-state index is 13.9. The number of hydrogen-bond donors (Lipinski definition) is 3. The van der Waals surface area contributed by atoms with E-state index in [-0.39, 0.29) is 13.0 Å². The normalized spacial score (nSPS) is 25.1. The van der Waals surface area contributed by atoms with Crippen molar-refractivity contribution in [2.75, 3.05) is 7.11 Å². The first-order chi connectivity index (χ1) is 17.9. The largest absolute Gasteiger partial charge is 0.496 e. The quantitative estimate of drug-likeness (QED) is 0.333. The second kappa shape index (κ2) is 8.63. The second-order valence-electron chi connectivity index (χ2n) is 9.52. The molecule has 4 heterocycles. The number of amides is 2. The number of aromatic amines is 1. The first kappa shape index (κ1) is 23.1. The van der Waals surface area contributed by atoms with E-state index in [9.17, 15) is 19.5 Å². The molecule has 37 heavy (non-hydrogen) atoms. The number of benzene rings is 2. The van der Waals surface area contributed by atoms with Gasteiger partial charge in [0.25, 0.3) is 0 Å². The molecule has 0 aliphatic carbocycles. The molecule has 0 radical (unpaired) electrons. The molecule has 0 spiro atoms. The number of carbonyl (C=O) groups is 3. The minimum atomic E-state index is -1.73. The van der Waals surface area contributed by atoms with Crippen molar-refractivity contribution in [3.8, 4) is 5.75 Å². The highest BCUT2D eigenvalue weighted by atomic mass is 16.5. The number of aliphatic carboxylic acids is 1. The third-order valence-corrected chi connectivity index (χ3v) is 7.64. The number of likely N-dealkylation sites (tertiary alicyclic amines) is 1. The molecule has 2 aliphatic heterocycles. The molecular formula is C28H25N3O6. The van der Waals surface area contributed by atoms with E-state index in [1.165, 1.54) is 13.4 Å². The Labute approximate surface area is 212 Å². The molecule has 6 rings (SSSR count). The molecule has 4 aromatic rings. The fourth-order valence-electron chi connectivity index (χ4n) is 5.98. The van der Waals surface area contributed by atoms with Crippen LogP contribution in [-0.4, -0.2) is 45.4 Å². The van der Waals surface area contributed by atoms with Crippen molar-refractivity contribution in [2.45, 2.75) is 24.5 Å². The number of ether oxygens (including phenoxy) is 1. The summed E-state index contributed by atoms with van der Waals surface area (Å²) in [5.41, 5.74) is 0.506. The van der Waals surface area contributed by atoms with Gasteiger partial charge in [-0.3, -0.25) is 24.6 Å². The summed E-state index contributed by atoms with van der Waals surface area (Å²) in [5.74, 6) is -3.25. The Kier molecular flexibility index (Phi) is 5.38. The average molecular weight is 500 g/mol. The zero-order chi connectivity index (χ0) is 25.7. The van der Waals surface area contributed by atoms with Crippen LogP contribution in [0.1, 0.15) is 22.9 Å². The third kappa shape index (κ3) is 3.46. The molecule has 2 fully saturated rings. The van der Waals surface area contributed by atoms with Gasteiger partial charge in [-0.15, -0.1) is 0 Å². The smallest absolute Gasteiger partial charge is 0.325 e. The van der Waals surface area contributed by atoms with Gasteiger partial charge >= 0.3 is 5.97 Å². The summed E-state index contributed by atoms with van der Waals surface area (Å²) in [7, 11) is 1.52. The summed E-state index contributed by atoms with van der Waals surface area (Å²) in [6.07, 6.45) is 3.25. The Morgan fingerprint density at radius 3 is 2.62 bits per heavy atom. The van der Waals surface area contributed by atoms with Crippen LogP contribution in [0.15, 0.2) is 77.5 Å². The molecule has 188 valence electrons. The number of nitrogens with zero attached hydrogens (tertiary/aromatic N) is 1. The van der Waals surface area contributed by atoms with Crippen molar-refractivity contribution in [2.24, 2.45) is 11.8 Å². The first-order valence-corrected chi connectivity index (χ1v) is 12.0. The number of methoxy groups -OCH3 is 1. The topological polar surface area (TPSA) is 125 Å². The lowest BCUT2D eigenvalue weighted by Gasteiger charge is -2.31. The van der Waals surface area contributed by atoms with Gasteiger partial charge in [-0.25, -0.2) is 0 Å². The summed E-state index contributed by atoms with van der Waals surface area (Å²) >= 11 is 0. The number of para-hydroxylation sites is 2. The predicted octanol–water partition coefficient (Wildman–Crippen LogP) is 3.28. The summed E-state index contributed by atoms with van der Waals surface area (Å²) < 4.78 is 10.9. The zero-order valence-corrected chi connectivity index (χ0v) is 20.0. The van der Waals surface area contributed by atoms with E-state index in [2.05, 4.69) is 10.3 Å². The van der Waals surface area contributed by atoms with E-state index in [0.29, 0.717) is 17.1 Å². The fourth-order valence-corrected chi connectivity index (χ4v) is 5.98. The Balaban J connectivity index is 1.49. The summed E-state index contributed by atoms with van der Waals surface area (Å²) in [6, 6.07) is 17.4. The van der Waals surface area contributed by atoms with Crippen molar-refractivity contribution in [3.05, 3.63) is 90.0 Å². The number of H-pyrrole nitrogens is 1. The highest BCUT2D eigenvalue weighted by Gasteiger charge is 2.68. The van der Waals surface area contributed by atoms with E-state index >= 15 is 0 Å². The summed E-state index contributed by atoms with van der Waals surface area (Å²) in [4.78, 5) is 45.1. The molecule has 9 nitrogen and oxygen atoms in total. The van der Waals surface area contributed by atoms with Crippen LogP contribution in [0.2, 0.25) is 0 Å². The molecule has 0 saturated carbocycles. The number of carbonyl (C=O) groups excluding carboxylic acids is 2. The van der Waals surface area contributed by atoms with Crippen LogP contribution < -0.4 is 10.1 Å². The van der Waals surface area contributed by atoms with Crippen LogP contribution in [0.5, 0.6) is 5.75 Å². The lowest BCUT2D eigenvalue weighted by atomic mass is 9.76. The monoisotopic (exact) mass is 499 g/mol. The van der Waals surface area contributed by atoms with Gasteiger partial charge < -0.3 is 19.2 Å². The minimum Gasteiger partial charge on any atom is -0.496 e. The summed E-state index contributed by atoms with van der Waals surface area (Å²) in [5, 5.41) is 14.8.